The van der Waals surface area contributed by atoms with E-state index in [1.165, 1.54) is 39.7 Å². The molecule has 0 spiro atoms. The molecule has 2 N–H and O–H groups in total. The lowest BCUT2D eigenvalue weighted by molar-refractivity contribution is 0.343. The Balaban J connectivity index is 1.58. The molecule has 0 bridgehead atoms. The van der Waals surface area contributed by atoms with Crippen molar-refractivity contribution in [1.29, 1.82) is 0 Å². The van der Waals surface area contributed by atoms with Gasteiger partial charge in [0.1, 0.15) is 11.6 Å². The summed E-state index contributed by atoms with van der Waals surface area (Å²) < 4.78 is 20.2. The number of aryl methyl sites for hydroxylation is 2. The molecule has 0 aliphatic heterocycles. The molecule has 0 fully saturated rings. The standard InChI is InChI=1S/C18H19FN4OS/c1-12-9-13(2)11-16(10-12)24-7-8-25-18-22-21-17(23(18)20)14-3-5-15(19)6-4-14/h3-6,9-11H,7-8,20H2,1-2H3. The highest BCUT2D eigenvalue weighted by Crippen LogP contribution is 2.22. The van der Waals surface area contributed by atoms with Crippen LogP contribution in [0.15, 0.2) is 47.6 Å². The Morgan fingerprint density at radius 2 is 1.76 bits per heavy atom. The van der Waals surface area contributed by atoms with Crippen molar-refractivity contribution < 1.29 is 9.13 Å². The van der Waals surface area contributed by atoms with E-state index < -0.39 is 0 Å². The van der Waals surface area contributed by atoms with Crippen molar-refractivity contribution in [1.82, 2.24) is 14.9 Å². The van der Waals surface area contributed by atoms with Crippen molar-refractivity contribution in [3.63, 3.8) is 0 Å². The van der Waals surface area contributed by atoms with E-state index in [2.05, 4.69) is 16.3 Å². The van der Waals surface area contributed by atoms with Crippen LogP contribution < -0.4 is 10.6 Å². The van der Waals surface area contributed by atoms with Crippen molar-refractivity contribution in [3.8, 4) is 17.1 Å². The molecular formula is C18H19FN4OS. The van der Waals surface area contributed by atoms with Gasteiger partial charge in [-0.25, -0.2) is 9.07 Å². The fraction of sp³-hybridized carbons (Fsp3) is 0.222. The molecule has 1 heterocycles. The van der Waals surface area contributed by atoms with Gasteiger partial charge in [0.25, 0.3) is 0 Å². The maximum absolute atomic E-state index is 13.0. The minimum Gasteiger partial charge on any atom is -0.493 e. The van der Waals surface area contributed by atoms with Gasteiger partial charge in [0, 0.05) is 11.3 Å². The van der Waals surface area contributed by atoms with Crippen LogP contribution in [0, 0.1) is 19.7 Å². The highest BCUT2D eigenvalue weighted by atomic mass is 32.2. The summed E-state index contributed by atoms with van der Waals surface area (Å²) in [6.45, 7) is 4.62. The molecule has 0 saturated carbocycles. The van der Waals surface area contributed by atoms with E-state index in [0.29, 0.717) is 23.3 Å². The first-order valence-corrected chi connectivity index (χ1v) is 8.82. The van der Waals surface area contributed by atoms with Gasteiger partial charge >= 0.3 is 0 Å². The van der Waals surface area contributed by atoms with Gasteiger partial charge in [-0.1, -0.05) is 17.8 Å². The van der Waals surface area contributed by atoms with Gasteiger partial charge in [-0.15, -0.1) is 10.2 Å². The van der Waals surface area contributed by atoms with E-state index in [9.17, 15) is 4.39 Å². The van der Waals surface area contributed by atoms with Gasteiger partial charge in [-0.05, 0) is 61.4 Å². The molecule has 0 aliphatic rings. The van der Waals surface area contributed by atoms with Gasteiger partial charge < -0.3 is 10.6 Å². The average molecular weight is 358 g/mol. The van der Waals surface area contributed by atoms with E-state index in [1.54, 1.807) is 12.1 Å². The first-order valence-electron chi connectivity index (χ1n) is 7.83. The van der Waals surface area contributed by atoms with Crippen LogP contribution in [0.1, 0.15) is 11.1 Å². The summed E-state index contributed by atoms with van der Waals surface area (Å²) in [5, 5.41) is 8.75. The second-order valence-electron chi connectivity index (χ2n) is 5.70. The maximum atomic E-state index is 13.0. The molecule has 7 heteroatoms. The molecule has 3 rings (SSSR count). The number of aromatic nitrogens is 3. The Kier molecular flexibility index (Phi) is 5.23. The van der Waals surface area contributed by atoms with E-state index in [4.69, 9.17) is 10.6 Å². The SMILES string of the molecule is Cc1cc(C)cc(OCCSc2nnc(-c3ccc(F)cc3)n2N)c1. The highest BCUT2D eigenvalue weighted by molar-refractivity contribution is 7.99. The summed E-state index contributed by atoms with van der Waals surface area (Å²) in [5.41, 5.74) is 3.07. The summed E-state index contributed by atoms with van der Waals surface area (Å²) in [5.74, 6) is 7.79. The van der Waals surface area contributed by atoms with Crippen LogP contribution in [0.3, 0.4) is 0 Å². The number of nitrogens with zero attached hydrogens (tertiary/aromatic N) is 3. The fourth-order valence-electron chi connectivity index (χ4n) is 2.48. The number of hydrogen-bond acceptors (Lipinski definition) is 5. The van der Waals surface area contributed by atoms with Crippen molar-refractivity contribution in [2.45, 2.75) is 19.0 Å². The zero-order chi connectivity index (χ0) is 17.8. The number of halogens is 1. The Morgan fingerprint density at radius 1 is 1.08 bits per heavy atom. The summed E-state index contributed by atoms with van der Waals surface area (Å²) >= 11 is 1.46. The molecule has 0 saturated heterocycles. The number of hydrogen-bond donors (Lipinski definition) is 1. The Bertz CT molecular complexity index is 844. The van der Waals surface area contributed by atoms with Crippen LogP contribution in [-0.2, 0) is 0 Å². The number of thioether (sulfide) groups is 1. The van der Waals surface area contributed by atoms with Crippen molar-refractivity contribution in [2.24, 2.45) is 0 Å². The fourth-order valence-corrected chi connectivity index (χ4v) is 3.15. The van der Waals surface area contributed by atoms with Crippen LogP contribution in [0.2, 0.25) is 0 Å². The first-order chi connectivity index (χ1) is 12.0. The average Bonchev–Trinajstić information content (AvgIpc) is 2.92. The topological polar surface area (TPSA) is 66.0 Å². The molecule has 0 atom stereocenters. The molecule has 3 aromatic rings. The number of nitrogen functional groups attached to an aromatic ring is 1. The molecule has 1 aromatic heterocycles. The quantitative estimate of drug-likeness (QED) is 0.414. The van der Waals surface area contributed by atoms with Gasteiger partial charge in [-0.2, -0.15) is 0 Å². The molecule has 5 nitrogen and oxygen atoms in total. The molecule has 0 aliphatic carbocycles. The van der Waals surface area contributed by atoms with E-state index in [0.717, 1.165) is 11.3 Å². The maximum Gasteiger partial charge on any atom is 0.210 e. The van der Waals surface area contributed by atoms with E-state index >= 15 is 0 Å². The van der Waals surface area contributed by atoms with Crippen LogP contribution in [-0.4, -0.2) is 27.2 Å². The van der Waals surface area contributed by atoms with Crippen LogP contribution >= 0.6 is 11.8 Å². The number of rotatable bonds is 6. The Hall–Kier alpha value is -2.54. The summed E-state index contributed by atoms with van der Waals surface area (Å²) in [6, 6.07) is 12.1. The predicted molar refractivity (Wildman–Crippen MR) is 97.7 cm³/mol. The molecular weight excluding hydrogens is 339 g/mol. The van der Waals surface area contributed by atoms with Gasteiger partial charge in [0.2, 0.25) is 5.16 Å². The smallest absolute Gasteiger partial charge is 0.210 e. The molecule has 0 radical (unpaired) electrons. The van der Waals surface area contributed by atoms with Gasteiger partial charge in [-0.3, -0.25) is 0 Å². The third kappa shape index (κ3) is 4.30. The predicted octanol–water partition coefficient (Wildman–Crippen LogP) is 3.59. The number of ether oxygens (including phenoxy) is 1. The van der Waals surface area contributed by atoms with Crippen molar-refractivity contribution in [3.05, 3.63) is 59.4 Å². The van der Waals surface area contributed by atoms with Crippen molar-refractivity contribution >= 4 is 11.8 Å². The lowest BCUT2D eigenvalue weighted by Gasteiger charge is -2.08. The van der Waals surface area contributed by atoms with Crippen LogP contribution in [0.5, 0.6) is 5.75 Å². The molecule has 130 valence electrons. The largest absolute Gasteiger partial charge is 0.493 e. The number of nitrogens with two attached hydrogens (primary N) is 1. The monoisotopic (exact) mass is 358 g/mol. The van der Waals surface area contributed by atoms with Gasteiger partial charge in [0.15, 0.2) is 5.82 Å². The van der Waals surface area contributed by atoms with E-state index in [1.807, 2.05) is 26.0 Å². The second-order valence-corrected chi connectivity index (χ2v) is 6.77. The summed E-state index contributed by atoms with van der Waals surface area (Å²) in [6.07, 6.45) is 0. The van der Waals surface area contributed by atoms with E-state index in [-0.39, 0.29) is 5.82 Å². The zero-order valence-corrected chi connectivity index (χ0v) is 14.9. The van der Waals surface area contributed by atoms with Crippen molar-refractivity contribution in [2.75, 3.05) is 18.2 Å². The first kappa shape index (κ1) is 17.3. The Morgan fingerprint density at radius 3 is 2.44 bits per heavy atom. The summed E-state index contributed by atoms with van der Waals surface area (Å²) in [4.78, 5) is 0. The molecule has 0 unspecified atom stereocenters. The minimum absolute atomic E-state index is 0.301. The minimum atomic E-state index is -0.301. The highest BCUT2D eigenvalue weighted by Gasteiger charge is 2.12. The van der Waals surface area contributed by atoms with Gasteiger partial charge in [0.05, 0.1) is 6.61 Å². The second kappa shape index (κ2) is 7.57. The lowest BCUT2D eigenvalue weighted by Crippen LogP contribution is -2.12. The molecule has 25 heavy (non-hydrogen) atoms. The third-order valence-electron chi connectivity index (χ3n) is 3.55. The van der Waals surface area contributed by atoms with Crippen LogP contribution in [0.25, 0.3) is 11.4 Å². The lowest BCUT2D eigenvalue weighted by atomic mass is 10.1. The van der Waals surface area contributed by atoms with Crippen LogP contribution in [0.4, 0.5) is 4.39 Å². The zero-order valence-electron chi connectivity index (χ0n) is 14.1. The number of benzene rings is 2. The molecule has 0 amide bonds. The third-order valence-corrected chi connectivity index (χ3v) is 4.45. The summed E-state index contributed by atoms with van der Waals surface area (Å²) in [7, 11) is 0. The Labute approximate surface area is 150 Å². The molecule has 2 aromatic carbocycles. The normalized spacial score (nSPS) is 10.8.